The van der Waals surface area contributed by atoms with Crippen LogP contribution >= 0.6 is 0 Å². The first kappa shape index (κ1) is 18.5. The van der Waals surface area contributed by atoms with E-state index in [0.29, 0.717) is 35.1 Å². The molecule has 27 heavy (non-hydrogen) atoms. The molecule has 2 aromatic carbocycles. The van der Waals surface area contributed by atoms with Crippen LogP contribution in [0.25, 0.3) is 10.9 Å². The Bertz CT molecular complexity index is 971. The van der Waals surface area contributed by atoms with Crippen LogP contribution in [-0.4, -0.2) is 30.0 Å². The van der Waals surface area contributed by atoms with Gasteiger partial charge in [0.05, 0.1) is 11.1 Å². The summed E-state index contributed by atoms with van der Waals surface area (Å²) in [5, 5.41) is 3.36. The van der Waals surface area contributed by atoms with Crippen molar-refractivity contribution in [1.82, 2.24) is 10.3 Å². The van der Waals surface area contributed by atoms with Gasteiger partial charge in [-0.1, -0.05) is 30.3 Å². The van der Waals surface area contributed by atoms with E-state index in [-0.39, 0.29) is 18.3 Å². The Morgan fingerprint density at radius 3 is 2.63 bits per heavy atom. The molecule has 0 radical (unpaired) electrons. The number of amides is 1. The summed E-state index contributed by atoms with van der Waals surface area (Å²) in [6, 6.07) is 15.0. The predicted molar refractivity (Wildman–Crippen MR) is 99.9 cm³/mol. The van der Waals surface area contributed by atoms with Crippen molar-refractivity contribution in [1.29, 1.82) is 0 Å². The molecule has 1 N–H and O–H groups in total. The molecule has 0 atom stereocenters. The number of esters is 1. The Kier molecular flexibility index (Phi) is 5.76. The number of aromatic nitrogens is 1. The summed E-state index contributed by atoms with van der Waals surface area (Å²) in [5.74, 6) is -1.25. The monoisotopic (exact) mass is 366 g/mol. The van der Waals surface area contributed by atoms with Crippen molar-refractivity contribution >= 4 is 22.8 Å². The van der Waals surface area contributed by atoms with Crippen LogP contribution in [0.2, 0.25) is 0 Å². The van der Waals surface area contributed by atoms with Gasteiger partial charge in [-0.15, -0.1) is 0 Å². The van der Waals surface area contributed by atoms with E-state index in [1.54, 1.807) is 31.2 Å². The van der Waals surface area contributed by atoms with Crippen molar-refractivity contribution in [2.45, 2.75) is 13.3 Å². The maximum atomic E-state index is 12.9. The van der Waals surface area contributed by atoms with Crippen LogP contribution in [0.3, 0.4) is 0 Å². The van der Waals surface area contributed by atoms with Crippen molar-refractivity contribution in [2.24, 2.45) is 0 Å². The minimum Gasteiger partial charge on any atom is -0.452 e. The van der Waals surface area contributed by atoms with Gasteiger partial charge in [-0.3, -0.25) is 9.78 Å². The zero-order valence-corrected chi connectivity index (χ0v) is 14.9. The molecule has 1 heterocycles. The number of nitrogens with zero attached hydrogens (tertiary/aromatic N) is 1. The topological polar surface area (TPSA) is 68.3 Å². The molecule has 6 heteroatoms. The van der Waals surface area contributed by atoms with Crippen LogP contribution in [0.1, 0.15) is 21.6 Å². The lowest BCUT2D eigenvalue weighted by atomic mass is 10.1. The van der Waals surface area contributed by atoms with Gasteiger partial charge in [0, 0.05) is 17.6 Å². The van der Waals surface area contributed by atoms with Crippen molar-refractivity contribution in [3.63, 3.8) is 0 Å². The summed E-state index contributed by atoms with van der Waals surface area (Å²) < 4.78 is 18.0. The van der Waals surface area contributed by atoms with Gasteiger partial charge >= 0.3 is 5.97 Å². The Labute approximate surface area is 156 Å². The number of rotatable bonds is 6. The third kappa shape index (κ3) is 4.88. The van der Waals surface area contributed by atoms with Gasteiger partial charge in [0.25, 0.3) is 5.91 Å². The smallest absolute Gasteiger partial charge is 0.339 e. The van der Waals surface area contributed by atoms with Gasteiger partial charge < -0.3 is 10.1 Å². The minimum absolute atomic E-state index is 0.298. The Morgan fingerprint density at radius 2 is 1.85 bits per heavy atom. The summed E-state index contributed by atoms with van der Waals surface area (Å²) >= 11 is 0. The Hall–Kier alpha value is -3.28. The van der Waals surface area contributed by atoms with E-state index in [0.717, 1.165) is 5.56 Å². The average molecular weight is 366 g/mol. The van der Waals surface area contributed by atoms with Crippen molar-refractivity contribution in [3.05, 3.63) is 77.2 Å². The number of nitrogens with one attached hydrogen (secondary N) is 1. The van der Waals surface area contributed by atoms with Gasteiger partial charge in [0.15, 0.2) is 6.61 Å². The molecule has 0 aliphatic carbocycles. The normalized spacial score (nSPS) is 10.6. The van der Waals surface area contributed by atoms with Crippen LogP contribution in [0, 0.1) is 12.7 Å². The Morgan fingerprint density at radius 1 is 1.11 bits per heavy atom. The molecule has 0 aliphatic rings. The summed E-state index contributed by atoms with van der Waals surface area (Å²) in [7, 11) is 0. The summed E-state index contributed by atoms with van der Waals surface area (Å²) in [4.78, 5) is 28.6. The fourth-order valence-electron chi connectivity index (χ4n) is 2.73. The van der Waals surface area contributed by atoms with Gasteiger partial charge in [-0.25, -0.2) is 9.18 Å². The number of aryl methyl sites for hydroxylation is 1. The van der Waals surface area contributed by atoms with Crippen molar-refractivity contribution in [3.8, 4) is 0 Å². The number of para-hydroxylation sites is 1. The van der Waals surface area contributed by atoms with E-state index in [2.05, 4.69) is 10.3 Å². The highest BCUT2D eigenvalue weighted by molar-refractivity contribution is 6.04. The van der Waals surface area contributed by atoms with Crippen molar-refractivity contribution < 1.29 is 18.7 Å². The molecule has 138 valence electrons. The highest BCUT2D eigenvalue weighted by Gasteiger charge is 2.14. The first-order valence-corrected chi connectivity index (χ1v) is 8.57. The number of fused-ring (bicyclic) bond motifs is 1. The molecule has 1 amide bonds. The molecule has 0 saturated carbocycles. The zero-order valence-electron chi connectivity index (χ0n) is 14.9. The number of halogens is 1. The third-order valence-electron chi connectivity index (χ3n) is 4.05. The minimum atomic E-state index is -0.564. The van der Waals surface area contributed by atoms with E-state index in [9.17, 15) is 14.0 Å². The number of hydrogen-bond acceptors (Lipinski definition) is 4. The van der Waals surface area contributed by atoms with Gasteiger partial charge in [-0.2, -0.15) is 0 Å². The second-order valence-corrected chi connectivity index (χ2v) is 6.13. The highest BCUT2D eigenvalue weighted by Crippen LogP contribution is 2.19. The van der Waals surface area contributed by atoms with E-state index in [4.69, 9.17) is 4.74 Å². The van der Waals surface area contributed by atoms with Gasteiger partial charge in [0.2, 0.25) is 0 Å². The van der Waals surface area contributed by atoms with Crippen LogP contribution in [0.5, 0.6) is 0 Å². The standard InChI is InChI=1S/C21H19FN2O3/c1-14-12-18(17-4-2-3-5-19(17)24-14)21(26)27-13-20(25)23-11-10-15-6-8-16(22)9-7-15/h2-9,12H,10-11,13H2,1H3,(H,23,25). The molecule has 3 rings (SSSR count). The van der Waals surface area contributed by atoms with E-state index in [1.807, 2.05) is 18.2 Å². The second-order valence-electron chi connectivity index (χ2n) is 6.13. The second kappa shape index (κ2) is 8.40. The molecule has 0 unspecified atom stereocenters. The first-order valence-electron chi connectivity index (χ1n) is 8.57. The largest absolute Gasteiger partial charge is 0.452 e. The molecule has 1 aromatic heterocycles. The number of pyridine rings is 1. The first-order chi connectivity index (χ1) is 13.0. The average Bonchev–Trinajstić information content (AvgIpc) is 2.67. The number of carbonyl (C=O) groups excluding carboxylic acids is 2. The zero-order chi connectivity index (χ0) is 19.2. The van der Waals surface area contributed by atoms with Crippen LogP contribution in [-0.2, 0) is 16.0 Å². The number of ether oxygens (including phenoxy) is 1. The number of carbonyl (C=O) groups is 2. The van der Waals surface area contributed by atoms with Crippen molar-refractivity contribution in [2.75, 3.05) is 13.2 Å². The lowest BCUT2D eigenvalue weighted by Crippen LogP contribution is -2.30. The summed E-state index contributed by atoms with van der Waals surface area (Å²) in [5.41, 5.74) is 2.70. The van der Waals surface area contributed by atoms with Crippen LogP contribution in [0.4, 0.5) is 4.39 Å². The number of hydrogen-bond donors (Lipinski definition) is 1. The fraction of sp³-hybridized carbons (Fsp3) is 0.190. The van der Waals surface area contributed by atoms with E-state index >= 15 is 0 Å². The molecule has 0 bridgehead atoms. The quantitative estimate of drug-likeness (QED) is 0.680. The van der Waals surface area contributed by atoms with E-state index < -0.39 is 5.97 Å². The summed E-state index contributed by atoms with van der Waals surface area (Å²) in [6.07, 6.45) is 0.564. The third-order valence-corrected chi connectivity index (χ3v) is 4.05. The van der Waals surface area contributed by atoms with E-state index in [1.165, 1.54) is 12.1 Å². The van der Waals surface area contributed by atoms with Crippen LogP contribution in [0.15, 0.2) is 54.6 Å². The SMILES string of the molecule is Cc1cc(C(=O)OCC(=O)NCCc2ccc(F)cc2)c2ccccc2n1. The highest BCUT2D eigenvalue weighted by atomic mass is 19.1. The molecule has 0 spiro atoms. The maximum absolute atomic E-state index is 12.9. The van der Waals surface area contributed by atoms with Gasteiger partial charge in [-0.05, 0) is 43.2 Å². The number of benzene rings is 2. The maximum Gasteiger partial charge on any atom is 0.339 e. The molecular formula is C21H19FN2O3. The molecule has 0 saturated heterocycles. The molecular weight excluding hydrogens is 347 g/mol. The lowest BCUT2D eigenvalue weighted by molar-refractivity contribution is -0.124. The summed E-state index contributed by atoms with van der Waals surface area (Å²) in [6.45, 7) is 1.81. The predicted octanol–water partition coefficient (Wildman–Crippen LogP) is 3.20. The molecule has 5 nitrogen and oxygen atoms in total. The molecule has 3 aromatic rings. The lowest BCUT2D eigenvalue weighted by Gasteiger charge is -2.09. The molecule has 0 fully saturated rings. The molecule has 0 aliphatic heterocycles. The van der Waals surface area contributed by atoms with Crippen LogP contribution < -0.4 is 5.32 Å². The fourth-order valence-corrected chi connectivity index (χ4v) is 2.73. The van der Waals surface area contributed by atoms with Gasteiger partial charge in [0.1, 0.15) is 5.82 Å². The Balaban J connectivity index is 1.53.